The lowest BCUT2D eigenvalue weighted by molar-refractivity contribution is -0.134. The van der Waals surface area contributed by atoms with Gasteiger partial charge in [0.15, 0.2) is 0 Å². The van der Waals surface area contributed by atoms with Gasteiger partial charge in [-0.3, -0.25) is 14.0 Å². The van der Waals surface area contributed by atoms with Gasteiger partial charge in [0.05, 0.1) is 11.9 Å². The van der Waals surface area contributed by atoms with Crippen molar-refractivity contribution >= 4 is 27.7 Å². The Hall–Kier alpha value is -2.64. The molecule has 0 aromatic heterocycles. The van der Waals surface area contributed by atoms with E-state index in [2.05, 4.69) is 29.2 Å². The van der Waals surface area contributed by atoms with Gasteiger partial charge in [-0.1, -0.05) is 67.1 Å². The quantitative estimate of drug-likeness (QED) is 0.612. The van der Waals surface area contributed by atoms with E-state index in [0.29, 0.717) is 25.2 Å². The maximum Gasteiger partial charge on any atom is 0.246 e. The van der Waals surface area contributed by atoms with Crippen LogP contribution in [0.2, 0.25) is 0 Å². The first-order valence-electron chi connectivity index (χ1n) is 11.1. The Morgan fingerprint density at radius 2 is 1.66 bits per heavy atom. The van der Waals surface area contributed by atoms with Gasteiger partial charge in [-0.2, -0.15) is 0 Å². The molecule has 2 aromatic rings. The number of hydrogen-bond donors (Lipinski definition) is 0. The van der Waals surface area contributed by atoms with E-state index in [1.807, 2.05) is 44.2 Å². The maximum absolute atomic E-state index is 13.4. The van der Waals surface area contributed by atoms with Crippen molar-refractivity contribution in [3.8, 4) is 0 Å². The van der Waals surface area contributed by atoms with Crippen LogP contribution in [0.4, 0.5) is 5.69 Å². The summed E-state index contributed by atoms with van der Waals surface area (Å²) < 4.78 is 26.5. The smallest absolute Gasteiger partial charge is 0.246 e. The molecule has 0 aliphatic carbocycles. The van der Waals surface area contributed by atoms with E-state index in [1.165, 1.54) is 16.1 Å². The number of hydrogen-bond acceptors (Lipinski definition) is 4. The van der Waals surface area contributed by atoms with E-state index < -0.39 is 16.1 Å². The summed E-state index contributed by atoms with van der Waals surface area (Å²) >= 11 is 0. The molecule has 3 rings (SSSR count). The lowest BCUT2D eigenvalue weighted by Crippen LogP contribution is -2.55. The van der Waals surface area contributed by atoms with Crippen LogP contribution in [0.15, 0.2) is 60.7 Å². The van der Waals surface area contributed by atoms with Gasteiger partial charge in [0.25, 0.3) is 0 Å². The molecule has 0 radical (unpaired) electrons. The fraction of sp³-hybridized carbons (Fsp3) is 0.400. The lowest BCUT2D eigenvalue weighted by Gasteiger charge is -2.38. The predicted octanol–water partition coefficient (Wildman–Crippen LogP) is 3.40. The molecule has 0 spiro atoms. The molecule has 1 atom stereocenters. The van der Waals surface area contributed by atoms with Crippen LogP contribution in [-0.4, -0.2) is 69.1 Å². The minimum absolute atomic E-state index is 0.127. The Kier molecular flexibility index (Phi) is 8.10. The summed E-state index contributed by atoms with van der Waals surface area (Å²) in [4.78, 5) is 17.5. The van der Waals surface area contributed by atoms with Gasteiger partial charge < -0.3 is 4.90 Å². The van der Waals surface area contributed by atoms with Crippen molar-refractivity contribution in [1.29, 1.82) is 0 Å². The molecule has 1 aliphatic heterocycles. The molecule has 0 bridgehead atoms. The van der Waals surface area contributed by atoms with Crippen molar-refractivity contribution in [1.82, 2.24) is 9.80 Å². The number of anilines is 1. The van der Waals surface area contributed by atoms with Gasteiger partial charge in [0, 0.05) is 32.7 Å². The molecule has 1 amide bonds. The number of nitrogens with zero attached hydrogens (tertiary/aromatic N) is 3. The molecular weight excluding hydrogens is 422 g/mol. The lowest BCUT2D eigenvalue weighted by atomic mass is 10.1. The molecule has 0 unspecified atom stereocenters. The number of sulfonamides is 1. The summed E-state index contributed by atoms with van der Waals surface area (Å²) in [6.07, 6.45) is 5.83. The predicted molar refractivity (Wildman–Crippen MR) is 131 cm³/mol. The third-order valence-corrected chi connectivity index (χ3v) is 6.94. The summed E-state index contributed by atoms with van der Waals surface area (Å²) in [5, 5.41) is 0. The van der Waals surface area contributed by atoms with Crippen LogP contribution in [0.25, 0.3) is 6.08 Å². The molecule has 172 valence electrons. The second-order valence-corrected chi connectivity index (χ2v) is 10.1. The van der Waals surface area contributed by atoms with Crippen molar-refractivity contribution in [2.24, 2.45) is 0 Å². The van der Waals surface area contributed by atoms with Crippen LogP contribution >= 0.6 is 0 Å². The highest BCUT2D eigenvalue weighted by Gasteiger charge is 2.35. The minimum Gasteiger partial charge on any atom is -0.338 e. The van der Waals surface area contributed by atoms with Crippen molar-refractivity contribution in [2.75, 3.05) is 43.3 Å². The first-order valence-corrected chi connectivity index (χ1v) is 12.9. The van der Waals surface area contributed by atoms with E-state index in [1.54, 1.807) is 17.0 Å². The fourth-order valence-electron chi connectivity index (χ4n) is 4.00. The Balaban J connectivity index is 1.64. The molecule has 7 heteroatoms. The van der Waals surface area contributed by atoms with Gasteiger partial charge >= 0.3 is 0 Å². The summed E-state index contributed by atoms with van der Waals surface area (Å²) in [7, 11) is -3.61. The van der Waals surface area contributed by atoms with Gasteiger partial charge in [0.2, 0.25) is 15.9 Å². The standard InChI is InChI=1S/C25H33N3O3S/c1-4-24(28(32(3,30)31)23-14-12-21(2)13-15-23)25(29)27-19-17-26(18-20-27)16-8-11-22-9-6-5-7-10-22/h5-15,24H,4,16-20H2,1-3H3/b11-8+/t24-/m1/s1. The minimum atomic E-state index is -3.61. The van der Waals surface area contributed by atoms with E-state index >= 15 is 0 Å². The number of rotatable bonds is 8. The average molecular weight is 456 g/mol. The number of aryl methyl sites for hydroxylation is 1. The Morgan fingerprint density at radius 3 is 2.22 bits per heavy atom. The van der Waals surface area contributed by atoms with Crippen LogP contribution in [-0.2, 0) is 14.8 Å². The van der Waals surface area contributed by atoms with E-state index in [4.69, 9.17) is 0 Å². The highest BCUT2D eigenvalue weighted by Crippen LogP contribution is 2.24. The van der Waals surface area contributed by atoms with Crippen molar-refractivity contribution in [2.45, 2.75) is 26.3 Å². The number of benzene rings is 2. The number of piperazine rings is 1. The van der Waals surface area contributed by atoms with Crippen molar-refractivity contribution in [3.05, 3.63) is 71.8 Å². The molecule has 1 heterocycles. The zero-order valence-electron chi connectivity index (χ0n) is 19.1. The molecule has 2 aromatic carbocycles. The second-order valence-electron chi connectivity index (χ2n) is 8.26. The summed E-state index contributed by atoms with van der Waals surface area (Å²) in [6.45, 7) is 7.37. The third-order valence-electron chi connectivity index (χ3n) is 5.76. The molecular formula is C25H33N3O3S. The molecule has 0 N–H and O–H groups in total. The van der Waals surface area contributed by atoms with Gasteiger partial charge in [-0.15, -0.1) is 0 Å². The first kappa shape index (κ1) is 24.0. The van der Waals surface area contributed by atoms with Crippen molar-refractivity contribution < 1.29 is 13.2 Å². The molecule has 1 aliphatic rings. The van der Waals surface area contributed by atoms with E-state index in [9.17, 15) is 13.2 Å². The monoisotopic (exact) mass is 455 g/mol. The Labute approximate surface area is 192 Å². The van der Waals surface area contributed by atoms with Crippen LogP contribution in [0.3, 0.4) is 0 Å². The molecule has 1 fully saturated rings. The first-order chi connectivity index (χ1) is 15.3. The van der Waals surface area contributed by atoms with E-state index in [-0.39, 0.29) is 5.91 Å². The topological polar surface area (TPSA) is 60.9 Å². The summed E-state index contributed by atoms with van der Waals surface area (Å²) in [5.74, 6) is -0.127. The largest absolute Gasteiger partial charge is 0.338 e. The molecule has 0 saturated carbocycles. The van der Waals surface area contributed by atoms with Crippen LogP contribution in [0, 0.1) is 6.92 Å². The van der Waals surface area contributed by atoms with Crippen LogP contribution in [0.5, 0.6) is 0 Å². The number of carbonyl (C=O) groups excluding carboxylic acids is 1. The third kappa shape index (κ3) is 6.20. The Morgan fingerprint density at radius 1 is 1.03 bits per heavy atom. The van der Waals surface area contributed by atoms with Gasteiger partial charge in [-0.25, -0.2) is 8.42 Å². The van der Waals surface area contributed by atoms with Gasteiger partial charge in [-0.05, 0) is 31.0 Å². The zero-order chi connectivity index (χ0) is 23.1. The summed E-state index contributed by atoms with van der Waals surface area (Å²) in [6, 6.07) is 16.7. The molecule has 1 saturated heterocycles. The number of carbonyl (C=O) groups is 1. The average Bonchev–Trinajstić information content (AvgIpc) is 2.78. The molecule has 6 nitrogen and oxygen atoms in total. The highest BCUT2D eigenvalue weighted by molar-refractivity contribution is 7.92. The highest BCUT2D eigenvalue weighted by atomic mass is 32.2. The second kappa shape index (κ2) is 10.8. The maximum atomic E-state index is 13.4. The summed E-state index contributed by atoms with van der Waals surface area (Å²) in [5.41, 5.74) is 2.74. The fourth-order valence-corrected chi connectivity index (χ4v) is 5.20. The van der Waals surface area contributed by atoms with Gasteiger partial charge in [0.1, 0.15) is 6.04 Å². The van der Waals surface area contributed by atoms with Crippen molar-refractivity contribution in [3.63, 3.8) is 0 Å². The molecule has 32 heavy (non-hydrogen) atoms. The zero-order valence-corrected chi connectivity index (χ0v) is 20.0. The SMILES string of the molecule is CC[C@H](C(=O)N1CCN(C/C=C/c2ccccc2)CC1)N(c1ccc(C)cc1)S(C)(=O)=O. The number of amides is 1. The van der Waals surface area contributed by atoms with E-state index in [0.717, 1.165) is 25.2 Å². The van der Waals surface area contributed by atoms with Crippen LogP contribution in [0.1, 0.15) is 24.5 Å². The normalized spacial score (nSPS) is 16.3. The Bertz CT molecular complexity index is 1010. The van der Waals surface area contributed by atoms with Crippen LogP contribution < -0.4 is 4.31 Å².